The number of carbonyl (C=O) groups is 2. The Balaban J connectivity index is 1.95. The minimum atomic E-state index is -1.03. The Kier molecular flexibility index (Phi) is 6.51. The van der Waals surface area contributed by atoms with Crippen molar-refractivity contribution >= 4 is 11.9 Å². The van der Waals surface area contributed by atoms with Crippen LogP contribution in [0.1, 0.15) is 28.5 Å². The van der Waals surface area contributed by atoms with Gasteiger partial charge in [0.2, 0.25) is 0 Å². The van der Waals surface area contributed by atoms with Crippen molar-refractivity contribution in [2.45, 2.75) is 19.9 Å². The standard InChI is InChI=1S/C17H21N3O4/c1-2-15-14(17(23)18-8-9-24-12-16(21)22)10-19-20(15)11-13-6-4-3-5-7-13/h3-7,10H,2,8-9,11-12H2,1H3,(H,18,23)(H,21,22). The number of rotatable bonds is 9. The Morgan fingerprint density at radius 3 is 2.71 bits per heavy atom. The Labute approximate surface area is 140 Å². The predicted octanol–water partition coefficient (Wildman–Crippen LogP) is 1.32. The van der Waals surface area contributed by atoms with E-state index >= 15 is 0 Å². The molecule has 0 aliphatic heterocycles. The molecule has 2 aromatic rings. The number of nitrogens with one attached hydrogen (secondary N) is 1. The van der Waals surface area contributed by atoms with Crippen molar-refractivity contribution in [1.29, 1.82) is 0 Å². The first-order valence-corrected chi connectivity index (χ1v) is 7.78. The van der Waals surface area contributed by atoms with E-state index in [0.717, 1.165) is 11.3 Å². The van der Waals surface area contributed by atoms with Crippen LogP contribution >= 0.6 is 0 Å². The van der Waals surface area contributed by atoms with Crippen molar-refractivity contribution in [2.24, 2.45) is 0 Å². The Hall–Kier alpha value is -2.67. The van der Waals surface area contributed by atoms with E-state index in [1.807, 2.05) is 41.9 Å². The number of hydrogen-bond acceptors (Lipinski definition) is 4. The summed E-state index contributed by atoms with van der Waals surface area (Å²) < 4.78 is 6.71. The third-order valence-electron chi connectivity index (χ3n) is 3.46. The van der Waals surface area contributed by atoms with Gasteiger partial charge in [-0.2, -0.15) is 5.10 Å². The van der Waals surface area contributed by atoms with Gasteiger partial charge in [0.05, 0.1) is 30.6 Å². The van der Waals surface area contributed by atoms with Gasteiger partial charge >= 0.3 is 5.97 Å². The lowest BCUT2D eigenvalue weighted by Crippen LogP contribution is -2.28. The van der Waals surface area contributed by atoms with Crippen molar-refractivity contribution in [3.8, 4) is 0 Å². The molecule has 0 fully saturated rings. The van der Waals surface area contributed by atoms with E-state index in [9.17, 15) is 9.59 Å². The van der Waals surface area contributed by atoms with Gasteiger partial charge in [0, 0.05) is 6.54 Å². The smallest absolute Gasteiger partial charge is 0.329 e. The number of carboxylic acid groups (broad SMARTS) is 1. The summed E-state index contributed by atoms with van der Waals surface area (Å²) in [5, 5.41) is 15.5. The number of aliphatic carboxylic acids is 1. The molecule has 0 saturated heterocycles. The van der Waals surface area contributed by atoms with Crippen LogP contribution < -0.4 is 5.32 Å². The van der Waals surface area contributed by atoms with Crippen molar-refractivity contribution in [3.05, 3.63) is 53.3 Å². The fraction of sp³-hybridized carbons (Fsp3) is 0.353. The van der Waals surface area contributed by atoms with Gasteiger partial charge in [-0.05, 0) is 12.0 Å². The van der Waals surface area contributed by atoms with Gasteiger partial charge in [-0.15, -0.1) is 0 Å². The van der Waals surface area contributed by atoms with Gasteiger partial charge in [0.25, 0.3) is 5.91 Å². The maximum Gasteiger partial charge on any atom is 0.329 e. The zero-order chi connectivity index (χ0) is 17.4. The van der Waals surface area contributed by atoms with Crippen LogP contribution in [0.4, 0.5) is 0 Å². The molecule has 2 N–H and O–H groups in total. The summed E-state index contributed by atoms with van der Waals surface area (Å²) in [5.41, 5.74) is 2.51. The van der Waals surface area contributed by atoms with Gasteiger partial charge in [-0.1, -0.05) is 37.3 Å². The van der Waals surface area contributed by atoms with Crippen molar-refractivity contribution in [3.63, 3.8) is 0 Å². The molecule has 2 rings (SSSR count). The quantitative estimate of drug-likeness (QED) is 0.676. The third-order valence-corrected chi connectivity index (χ3v) is 3.46. The van der Waals surface area contributed by atoms with E-state index in [-0.39, 0.29) is 25.7 Å². The highest BCUT2D eigenvalue weighted by atomic mass is 16.5. The Bertz CT molecular complexity index is 682. The molecule has 24 heavy (non-hydrogen) atoms. The number of ether oxygens (including phenoxy) is 1. The molecule has 0 aliphatic rings. The highest BCUT2D eigenvalue weighted by Gasteiger charge is 2.16. The van der Waals surface area contributed by atoms with Gasteiger partial charge in [-0.25, -0.2) is 4.79 Å². The lowest BCUT2D eigenvalue weighted by Gasteiger charge is -2.09. The number of nitrogens with zero attached hydrogens (tertiary/aromatic N) is 2. The number of hydrogen-bond donors (Lipinski definition) is 2. The maximum atomic E-state index is 12.3. The molecule has 7 heteroatoms. The summed E-state index contributed by atoms with van der Waals surface area (Å²) in [4.78, 5) is 22.6. The molecule has 0 atom stereocenters. The summed E-state index contributed by atoms with van der Waals surface area (Å²) in [6.45, 7) is 2.62. The molecule has 1 aromatic heterocycles. The van der Waals surface area contributed by atoms with E-state index in [1.54, 1.807) is 6.20 Å². The molecule has 0 bridgehead atoms. The molecule has 0 radical (unpaired) electrons. The summed E-state index contributed by atoms with van der Waals surface area (Å²) in [6.07, 6.45) is 2.25. The van der Waals surface area contributed by atoms with Crippen LogP contribution in [0, 0.1) is 0 Å². The fourth-order valence-electron chi connectivity index (χ4n) is 2.36. The molecule has 1 amide bonds. The van der Waals surface area contributed by atoms with E-state index < -0.39 is 5.97 Å². The fourth-order valence-corrected chi connectivity index (χ4v) is 2.36. The van der Waals surface area contributed by atoms with Crippen molar-refractivity contribution in [2.75, 3.05) is 19.8 Å². The molecule has 0 aliphatic carbocycles. The van der Waals surface area contributed by atoms with Gasteiger partial charge in [-0.3, -0.25) is 9.48 Å². The highest BCUT2D eigenvalue weighted by Crippen LogP contribution is 2.12. The average molecular weight is 331 g/mol. The summed E-state index contributed by atoms with van der Waals surface area (Å²) in [5.74, 6) is -1.26. The van der Waals surface area contributed by atoms with Crippen LogP contribution in [-0.4, -0.2) is 46.5 Å². The molecule has 0 unspecified atom stereocenters. The number of aromatic nitrogens is 2. The highest BCUT2D eigenvalue weighted by molar-refractivity contribution is 5.95. The zero-order valence-electron chi connectivity index (χ0n) is 13.6. The van der Waals surface area contributed by atoms with Crippen LogP contribution in [0.25, 0.3) is 0 Å². The predicted molar refractivity (Wildman–Crippen MR) is 87.9 cm³/mol. The first-order valence-electron chi connectivity index (χ1n) is 7.78. The largest absolute Gasteiger partial charge is 0.480 e. The average Bonchev–Trinajstić information content (AvgIpc) is 2.97. The van der Waals surface area contributed by atoms with E-state index in [2.05, 4.69) is 10.4 Å². The van der Waals surface area contributed by atoms with Crippen LogP contribution in [0.3, 0.4) is 0 Å². The molecule has 1 heterocycles. The first kappa shape index (κ1) is 17.7. The second-order valence-corrected chi connectivity index (χ2v) is 5.20. The number of carboxylic acids is 1. The number of benzene rings is 1. The van der Waals surface area contributed by atoms with E-state index in [1.165, 1.54) is 0 Å². The van der Waals surface area contributed by atoms with Crippen molar-refractivity contribution in [1.82, 2.24) is 15.1 Å². The number of carbonyl (C=O) groups excluding carboxylic acids is 1. The summed E-state index contributed by atoms with van der Waals surface area (Å²) in [7, 11) is 0. The van der Waals surface area contributed by atoms with Crippen LogP contribution in [0.2, 0.25) is 0 Å². The molecule has 7 nitrogen and oxygen atoms in total. The molecule has 0 spiro atoms. The molecular formula is C17H21N3O4. The lowest BCUT2D eigenvalue weighted by atomic mass is 10.1. The molecule has 0 saturated carbocycles. The van der Waals surface area contributed by atoms with Crippen LogP contribution in [0.5, 0.6) is 0 Å². The normalized spacial score (nSPS) is 10.5. The molecular weight excluding hydrogens is 310 g/mol. The second kappa shape index (κ2) is 8.83. The third kappa shape index (κ3) is 4.92. The first-order chi connectivity index (χ1) is 11.6. The minimum absolute atomic E-state index is 0.150. The van der Waals surface area contributed by atoms with Gasteiger partial charge in [0.15, 0.2) is 0 Å². The van der Waals surface area contributed by atoms with Gasteiger partial charge in [0.1, 0.15) is 6.61 Å². The van der Waals surface area contributed by atoms with E-state index in [4.69, 9.17) is 9.84 Å². The topological polar surface area (TPSA) is 93.4 Å². The summed E-state index contributed by atoms with van der Waals surface area (Å²) >= 11 is 0. The lowest BCUT2D eigenvalue weighted by molar-refractivity contribution is -0.142. The second-order valence-electron chi connectivity index (χ2n) is 5.20. The molecule has 128 valence electrons. The monoisotopic (exact) mass is 331 g/mol. The molecule has 1 aromatic carbocycles. The van der Waals surface area contributed by atoms with E-state index in [0.29, 0.717) is 18.5 Å². The zero-order valence-corrected chi connectivity index (χ0v) is 13.6. The van der Waals surface area contributed by atoms with Crippen LogP contribution in [-0.2, 0) is 22.5 Å². The SMILES string of the molecule is CCc1c(C(=O)NCCOCC(=O)O)cnn1Cc1ccccc1. The van der Waals surface area contributed by atoms with Crippen LogP contribution in [0.15, 0.2) is 36.5 Å². The maximum absolute atomic E-state index is 12.3. The minimum Gasteiger partial charge on any atom is -0.480 e. The Morgan fingerprint density at radius 1 is 1.29 bits per heavy atom. The van der Waals surface area contributed by atoms with Crippen molar-refractivity contribution < 1.29 is 19.4 Å². The van der Waals surface area contributed by atoms with Gasteiger partial charge < -0.3 is 15.2 Å². The number of amides is 1. The summed E-state index contributed by atoms with van der Waals surface area (Å²) in [6, 6.07) is 9.92. The Morgan fingerprint density at radius 2 is 2.04 bits per heavy atom.